The first-order chi connectivity index (χ1) is 13.7. The number of halogens is 1. The van der Waals surface area contributed by atoms with Crippen molar-refractivity contribution in [2.75, 3.05) is 6.54 Å². The summed E-state index contributed by atoms with van der Waals surface area (Å²) in [6.45, 7) is 9.74. The molecule has 3 rings (SSSR count). The molecule has 1 saturated heterocycles. The standard InChI is InChI=1S/C24H28FNO3/c1-5-14-24(20-10-12-21(25)13-11-20)15-16-26(22(27)29-24)17(2)18-6-8-19(9-7-18)23(3,4)28/h5-13,17,28H,1,14-16H2,2-4H3/t17-,24+/m0/s1. The van der Waals surface area contributed by atoms with Gasteiger partial charge < -0.3 is 14.7 Å². The van der Waals surface area contributed by atoms with E-state index in [4.69, 9.17) is 4.74 Å². The van der Waals surface area contributed by atoms with Crippen LogP contribution < -0.4 is 0 Å². The SMILES string of the molecule is C=CC[C@]1(c2ccc(F)cc2)CCN([C@@H](C)c2ccc(C(C)(C)O)cc2)C(=O)O1. The van der Waals surface area contributed by atoms with Crippen molar-refractivity contribution in [2.45, 2.75) is 50.9 Å². The maximum Gasteiger partial charge on any atom is 0.411 e. The number of carbonyl (C=O) groups excluding carboxylic acids is 1. The Bertz CT molecular complexity index is 870. The van der Waals surface area contributed by atoms with Crippen LogP contribution in [0, 0.1) is 5.82 Å². The highest BCUT2D eigenvalue weighted by Crippen LogP contribution is 2.40. The molecule has 5 heteroatoms. The molecule has 1 heterocycles. The third-order valence-corrected chi connectivity index (χ3v) is 5.69. The number of hydrogen-bond acceptors (Lipinski definition) is 3. The van der Waals surface area contributed by atoms with Gasteiger partial charge in [-0.1, -0.05) is 42.5 Å². The van der Waals surface area contributed by atoms with Crippen LogP contribution in [-0.4, -0.2) is 22.6 Å². The third-order valence-electron chi connectivity index (χ3n) is 5.69. The van der Waals surface area contributed by atoms with Crippen LogP contribution in [-0.2, 0) is 15.9 Å². The van der Waals surface area contributed by atoms with Crippen molar-refractivity contribution in [1.82, 2.24) is 4.90 Å². The largest absolute Gasteiger partial charge is 0.437 e. The number of carbonyl (C=O) groups is 1. The van der Waals surface area contributed by atoms with Gasteiger partial charge in [0.2, 0.25) is 0 Å². The molecule has 1 amide bonds. The number of aliphatic hydroxyl groups is 1. The van der Waals surface area contributed by atoms with Crippen molar-refractivity contribution < 1.29 is 19.0 Å². The van der Waals surface area contributed by atoms with Crippen LogP contribution in [0.3, 0.4) is 0 Å². The minimum atomic E-state index is -0.911. The van der Waals surface area contributed by atoms with E-state index in [2.05, 4.69) is 6.58 Å². The van der Waals surface area contributed by atoms with Crippen molar-refractivity contribution in [2.24, 2.45) is 0 Å². The van der Waals surface area contributed by atoms with Gasteiger partial charge in [-0.3, -0.25) is 0 Å². The van der Waals surface area contributed by atoms with Crippen LogP contribution in [0.2, 0.25) is 0 Å². The molecule has 0 aromatic heterocycles. The minimum absolute atomic E-state index is 0.173. The predicted octanol–water partition coefficient (Wildman–Crippen LogP) is 5.43. The van der Waals surface area contributed by atoms with Gasteiger partial charge in [0, 0.05) is 19.4 Å². The van der Waals surface area contributed by atoms with Gasteiger partial charge in [0.05, 0.1) is 11.6 Å². The molecule has 4 nitrogen and oxygen atoms in total. The van der Waals surface area contributed by atoms with Gasteiger partial charge in [0.1, 0.15) is 11.4 Å². The summed E-state index contributed by atoms with van der Waals surface area (Å²) < 4.78 is 19.3. The number of nitrogens with zero attached hydrogens (tertiary/aromatic N) is 1. The van der Waals surface area contributed by atoms with Crippen LogP contribution in [0.25, 0.3) is 0 Å². The van der Waals surface area contributed by atoms with Gasteiger partial charge in [-0.2, -0.15) is 0 Å². The Kier molecular flexibility index (Phi) is 5.80. The first kappa shape index (κ1) is 21.1. The van der Waals surface area contributed by atoms with Crippen molar-refractivity contribution in [1.29, 1.82) is 0 Å². The number of ether oxygens (including phenoxy) is 1. The molecule has 1 aliphatic heterocycles. The van der Waals surface area contributed by atoms with E-state index in [1.54, 1.807) is 37.0 Å². The number of hydrogen-bond donors (Lipinski definition) is 1. The molecule has 0 radical (unpaired) electrons. The number of rotatable bonds is 6. The smallest absolute Gasteiger partial charge is 0.411 e. The van der Waals surface area contributed by atoms with E-state index in [0.717, 1.165) is 16.7 Å². The number of amides is 1. The molecule has 0 unspecified atom stereocenters. The maximum absolute atomic E-state index is 13.3. The molecular weight excluding hydrogens is 369 g/mol. The molecule has 1 fully saturated rings. The average Bonchev–Trinajstić information content (AvgIpc) is 2.68. The van der Waals surface area contributed by atoms with E-state index >= 15 is 0 Å². The summed E-state index contributed by atoms with van der Waals surface area (Å²) in [7, 11) is 0. The Balaban J connectivity index is 1.80. The van der Waals surface area contributed by atoms with Gasteiger partial charge in [-0.05, 0) is 49.6 Å². The summed E-state index contributed by atoms with van der Waals surface area (Å²) in [5.74, 6) is -0.325. The lowest BCUT2D eigenvalue weighted by molar-refractivity contribution is -0.0589. The molecule has 0 saturated carbocycles. The Morgan fingerprint density at radius 2 is 1.86 bits per heavy atom. The van der Waals surface area contributed by atoms with Crippen molar-refractivity contribution in [3.63, 3.8) is 0 Å². The highest BCUT2D eigenvalue weighted by atomic mass is 19.1. The van der Waals surface area contributed by atoms with Crippen LogP contribution >= 0.6 is 0 Å². The Hall–Kier alpha value is -2.66. The molecule has 29 heavy (non-hydrogen) atoms. The van der Waals surface area contributed by atoms with E-state index < -0.39 is 17.3 Å². The second-order valence-corrected chi connectivity index (χ2v) is 8.16. The highest BCUT2D eigenvalue weighted by Gasteiger charge is 2.42. The fourth-order valence-corrected chi connectivity index (χ4v) is 3.82. The Morgan fingerprint density at radius 3 is 2.38 bits per heavy atom. The zero-order chi connectivity index (χ0) is 21.2. The summed E-state index contributed by atoms with van der Waals surface area (Å²) in [4.78, 5) is 14.6. The molecule has 2 aromatic carbocycles. The highest BCUT2D eigenvalue weighted by molar-refractivity contribution is 5.70. The van der Waals surface area contributed by atoms with Crippen molar-refractivity contribution >= 4 is 6.09 Å². The molecule has 0 aliphatic carbocycles. The second-order valence-electron chi connectivity index (χ2n) is 8.16. The second kappa shape index (κ2) is 7.99. The Morgan fingerprint density at radius 1 is 1.24 bits per heavy atom. The van der Waals surface area contributed by atoms with Crippen LogP contribution in [0.4, 0.5) is 9.18 Å². The van der Waals surface area contributed by atoms with E-state index in [1.807, 2.05) is 31.2 Å². The quantitative estimate of drug-likeness (QED) is 0.662. The van der Waals surface area contributed by atoms with Crippen molar-refractivity contribution in [3.8, 4) is 0 Å². The fourth-order valence-electron chi connectivity index (χ4n) is 3.82. The summed E-state index contributed by atoms with van der Waals surface area (Å²) in [5.41, 5.74) is 0.816. The normalized spacial score (nSPS) is 20.9. The van der Waals surface area contributed by atoms with E-state index in [1.165, 1.54) is 12.1 Å². The summed E-state index contributed by atoms with van der Waals surface area (Å²) >= 11 is 0. The first-order valence-electron chi connectivity index (χ1n) is 9.86. The number of benzene rings is 2. The maximum atomic E-state index is 13.3. The topological polar surface area (TPSA) is 49.8 Å². The minimum Gasteiger partial charge on any atom is -0.437 e. The summed E-state index contributed by atoms with van der Waals surface area (Å²) in [6, 6.07) is 13.5. The first-order valence-corrected chi connectivity index (χ1v) is 9.86. The third kappa shape index (κ3) is 4.35. The van der Waals surface area contributed by atoms with Gasteiger partial charge in [-0.15, -0.1) is 6.58 Å². The zero-order valence-electron chi connectivity index (χ0n) is 17.2. The molecule has 1 aliphatic rings. The number of cyclic esters (lactones) is 1. The molecule has 154 valence electrons. The fraction of sp³-hybridized carbons (Fsp3) is 0.375. The lowest BCUT2D eigenvalue weighted by Crippen LogP contribution is -2.48. The average molecular weight is 397 g/mol. The summed E-state index contributed by atoms with van der Waals surface area (Å²) in [6.07, 6.45) is 2.38. The lowest BCUT2D eigenvalue weighted by atomic mass is 9.85. The van der Waals surface area contributed by atoms with Gasteiger partial charge in [0.25, 0.3) is 0 Å². The van der Waals surface area contributed by atoms with Crippen LogP contribution in [0.1, 0.15) is 56.3 Å². The Labute approximate surface area is 171 Å². The lowest BCUT2D eigenvalue weighted by Gasteiger charge is -2.43. The molecule has 1 N–H and O–H groups in total. The van der Waals surface area contributed by atoms with E-state index in [9.17, 15) is 14.3 Å². The van der Waals surface area contributed by atoms with Crippen LogP contribution in [0.5, 0.6) is 0 Å². The zero-order valence-corrected chi connectivity index (χ0v) is 17.2. The summed E-state index contributed by atoms with van der Waals surface area (Å²) in [5, 5.41) is 10.1. The van der Waals surface area contributed by atoms with Crippen LogP contribution in [0.15, 0.2) is 61.2 Å². The molecule has 2 aromatic rings. The van der Waals surface area contributed by atoms with Crippen molar-refractivity contribution in [3.05, 3.63) is 83.7 Å². The van der Waals surface area contributed by atoms with E-state index in [0.29, 0.717) is 19.4 Å². The molecule has 0 bridgehead atoms. The monoisotopic (exact) mass is 397 g/mol. The molecule has 0 spiro atoms. The van der Waals surface area contributed by atoms with E-state index in [-0.39, 0.29) is 11.9 Å². The van der Waals surface area contributed by atoms with Gasteiger partial charge in [0.15, 0.2) is 0 Å². The van der Waals surface area contributed by atoms with Gasteiger partial charge >= 0.3 is 6.09 Å². The van der Waals surface area contributed by atoms with Gasteiger partial charge in [-0.25, -0.2) is 9.18 Å². The predicted molar refractivity (Wildman–Crippen MR) is 111 cm³/mol. The molecular formula is C24H28FNO3. The molecule has 2 atom stereocenters.